The predicted octanol–water partition coefficient (Wildman–Crippen LogP) is 4.06. The number of aromatic nitrogens is 1. The summed E-state index contributed by atoms with van der Waals surface area (Å²) in [5.41, 5.74) is 2.43. The van der Waals surface area contributed by atoms with Gasteiger partial charge >= 0.3 is 0 Å². The zero-order valence-corrected chi connectivity index (χ0v) is 16.5. The number of anilines is 3. The summed E-state index contributed by atoms with van der Waals surface area (Å²) in [6.07, 6.45) is 0.248. The molecule has 1 N–H and O–H groups in total. The summed E-state index contributed by atoms with van der Waals surface area (Å²) in [5.74, 6) is -0.498. The maximum absolute atomic E-state index is 13.1. The van der Waals surface area contributed by atoms with E-state index >= 15 is 0 Å². The molecule has 1 aliphatic rings. The molecule has 4 rings (SSSR count). The summed E-state index contributed by atoms with van der Waals surface area (Å²) >= 11 is 1.41. The van der Waals surface area contributed by atoms with Gasteiger partial charge in [-0.2, -0.15) is 0 Å². The molecule has 1 saturated heterocycles. The Morgan fingerprint density at radius 3 is 2.24 bits per heavy atom. The third kappa shape index (κ3) is 4.89. The second-order valence-electron chi connectivity index (χ2n) is 6.80. The molecule has 0 saturated carbocycles. The minimum absolute atomic E-state index is 0.0439. The van der Waals surface area contributed by atoms with Crippen LogP contribution in [0, 0.1) is 11.6 Å². The van der Waals surface area contributed by atoms with Crippen molar-refractivity contribution in [2.24, 2.45) is 0 Å². The largest absolute Gasteiger partial charge is 0.368 e. The summed E-state index contributed by atoms with van der Waals surface area (Å²) in [6.45, 7) is 2.68. The average molecular weight is 414 g/mol. The Kier molecular flexibility index (Phi) is 5.71. The summed E-state index contributed by atoms with van der Waals surface area (Å²) in [6, 6.07) is 12.5. The molecule has 0 atom stereocenters. The van der Waals surface area contributed by atoms with Gasteiger partial charge in [0, 0.05) is 42.9 Å². The number of halogens is 2. The van der Waals surface area contributed by atoms with Crippen molar-refractivity contribution in [3.05, 3.63) is 71.2 Å². The van der Waals surface area contributed by atoms with Gasteiger partial charge in [-0.05, 0) is 48.5 Å². The zero-order chi connectivity index (χ0) is 20.2. The molecule has 1 amide bonds. The van der Waals surface area contributed by atoms with E-state index in [4.69, 9.17) is 0 Å². The Bertz CT molecular complexity index is 967. The fourth-order valence-corrected chi connectivity index (χ4v) is 3.97. The van der Waals surface area contributed by atoms with E-state index in [1.54, 1.807) is 24.3 Å². The fourth-order valence-electron chi connectivity index (χ4n) is 3.23. The molecule has 3 aromatic rings. The van der Waals surface area contributed by atoms with Crippen LogP contribution in [0.4, 0.5) is 25.3 Å². The van der Waals surface area contributed by atoms with Crippen LogP contribution >= 0.6 is 11.3 Å². The molecule has 0 bridgehead atoms. The highest BCUT2D eigenvalue weighted by molar-refractivity contribution is 7.13. The van der Waals surface area contributed by atoms with E-state index in [9.17, 15) is 13.6 Å². The van der Waals surface area contributed by atoms with Gasteiger partial charge in [-0.3, -0.25) is 4.79 Å². The van der Waals surface area contributed by atoms with Gasteiger partial charge in [-0.25, -0.2) is 13.8 Å². The van der Waals surface area contributed by atoms with E-state index in [0.717, 1.165) is 11.4 Å². The normalized spacial score (nSPS) is 14.1. The molecule has 0 aliphatic carbocycles. The lowest BCUT2D eigenvalue weighted by atomic mass is 10.2. The number of thiazole rings is 1. The second kappa shape index (κ2) is 8.57. The van der Waals surface area contributed by atoms with Gasteiger partial charge in [0.2, 0.25) is 5.91 Å². The number of carbonyl (C=O) groups is 1. The van der Waals surface area contributed by atoms with E-state index in [-0.39, 0.29) is 24.0 Å². The van der Waals surface area contributed by atoms with Gasteiger partial charge in [-0.15, -0.1) is 11.3 Å². The van der Waals surface area contributed by atoms with Crippen molar-refractivity contribution < 1.29 is 13.6 Å². The van der Waals surface area contributed by atoms with Crippen LogP contribution < -0.4 is 10.2 Å². The Labute approximate surface area is 171 Å². The highest BCUT2D eigenvalue weighted by Gasteiger charge is 2.22. The molecule has 0 unspecified atom stereocenters. The highest BCUT2D eigenvalue weighted by Crippen LogP contribution is 2.22. The first-order chi connectivity index (χ1) is 14.1. The van der Waals surface area contributed by atoms with E-state index in [2.05, 4.69) is 15.2 Å². The Hall–Kier alpha value is -3.00. The molecule has 2 heterocycles. The molecule has 5 nitrogen and oxygen atoms in total. The lowest BCUT2D eigenvalue weighted by Gasteiger charge is -2.36. The van der Waals surface area contributed by atoms with Gasteiger partial charge in [0.05, 0.1) is 12.1 Å². The van der Waals surface area contributed by atoms with Crippen LogP contribution in [0.5, 0.6) is 0 Å². The maximum Gasteiger partial charge on any atom is 0.228 e. The Morgan fingerprint density at radius 2 is 1.59 bits per heavy atom. The van der Waals surface area contributed by atoms with Crippen LogP contribution in [-0.4, -0.2) is 42.0 Å². The average Bonchev–Trinajstić information content (AvgIpc) is 3.17. The first-order valence-electron chi connectivity index (χ1n) is 9.32. The fraction of sp³-hybridized carbons (Fsp3) is 0.238. The molecule has 1 aromatic heterocycles. The Morgan fingerprint density at radius 1 is 0.966 bits per heavy atom. The third-order valence-electron chi connectivity index (χ3n) is 4.80. The maximum atomic E-state index is 13.1. The molecular formula is C21H20F2N4OS. The van der Waals surface area contributed by atoms with Crippen molar-refractivity contribution in [3.63, 3.8) is 0 Å². The SMILES string of the molecule is O=C(Cc1csc(Nc2ccc(F)cc2)n1)N1CCN(c2ccc(F)cc2)CC1. The number of nitrogens with one attached hydrogen (secondary N) is 1. The summed E-state index contributed by atoms with van der Waals surface area (Å²) in [5, 5.41) is 5.64. The van der Waals surface area contributed by atoms with Gasteiger partial charge in [-0.1, -0.05) is 0 Å². The molecule has 29 heavy (non-hydrogen) atoms. The summed E-state index contributed by atoms with van der Waals surface area (Å²) < 4.78 is 26.1. The molecule has 2 aromatic carbocycles. The summed E-state index contributed by atoms with van der Waals surface area (Å²) in [7, 11) is 0. The van der Waals surface area contributed by atoms with E-state index in [1.165, 1.54) is 35.6 Å². The summed E-state index contributed by atoms with van der Waals surface area (Å²) in [4.78, 5) is 21.1. The van der Waals surface area contributed by atoms with Crippen LogP contribution in [0.1, 0.15) is 5.69 Å². The topological polar surface area (TPSA) is 48.5 Å². The molecule has 8 heteroatoms. The number of rotatable bonds is 5. The van der Waals surface area contributed by atoms with E-state index < -0.39 is 0 Å². The van der Waals surface area contributed by atoms with E-state index in [0.29, 0.717) is 37.0 Å². The number of piperazine rings is 1. The molecule has 150 valence electrons. The molecule has 0 radical (unpaired) electrons. The van der Waals surface area contributed by atoms with Gasteiger partial charge in [0.1, 0.15) is 11.6 Å². The van der Waals surface area contributed by atoms with Crippen molar-refractivity contribution >= 4 is 33.8 Å². The standard InChI is InChI=1S/C21H20F2N4OS/c22-15-1-5-17(6-2-15)24-21-25-18(14-29-21)13-20(28)27-11-9-26(10-12-27)19-7-3-16(23)4-8-19/h1-8,14H,9-13H2,(H,24,25). The van der Waals surface area contributed by atoms with Crippen molar-refractivity contribution in [3.8, 4) is 0 Å². The zero-order valence-electron chi connectivity index (χ0n) is 15.6. The van der Waals surface area contributed by atoms with Crippen molar-refractivity contribution in [1.82, 2.24) is 9.88 Å². The van der Waals surface area contributed by atoms with Crippen LogP contribution in [-0.2, 0) is 11.2 Å². The van der Waals surface area contributed by atoms with Crippen molar-refractivity contribution in [2.45, 2.75) is 6.42 Å². The first kappa shape index (κ1) is 19.3. The monoisotopic (exact) mass is 414 g/mol. The molecular weight excluding hydrogens is 394 g/mol. The van der Waals surface area contributed by atoms with E-state index in [1.807, 2.05) is 10.3 Å². The van der Waals surface area contributed by atoms with Gasteiger partial charge < -0.3 is 15.1 Å². The van der Waals surface area contributed by atoms with Crippen LogP contribution in [0.3, 0.4) is 0 Å². The van der Waals surface area contributed by atoms with Crippen LogP contribution in [0.15, 0.2) is 53.9 Å². The lowest BCUT2D eigenvalue weighted by Crippen LogP contribution is -2.49. The van der Waals surface area contributed by atoms with Crippen LogP contribution in [0.2, 0.25) is 0 Å². The van der Waals surface area contributed by atoms with Crippen molar-refractivity contribution in [2.75, 3.05) is 36.4 Å². The van der Waals surface area contributed by atoms with Gasteiger partial charge in [0.25, 0.3) is 0 Å². The molecule has 1 aliphatic heterocycles. The smallest absolute Gasteiger partial charge is 0.228 e. The minimum Gasteiger partial charge on any atom is -0.368 e. The van der Waals surface area contributed by atoms with Crippen molar-refractivity contribution in [1.29, 1.82) is 0 Å². The molecule has 0 spiro atoms. The number of benzene rings is 2. The van der Waals surface area contributed by atoms with Gasteiger partial charge in [0.15, 0.2) is 5.13 Å². The highest BCUT2D eigenvalue weighted by atomic mass is 32.1. The number of amides is 1. The quantitative estimate of drug-likeness (QED) is 0.684. The predicted molar refractivity (Wildman–Crippen MR) is 111 cm³/mol. The first-order valence-corrected chi connectivity index (χ1v) is 10.2. The van der Waals surface area contributed by atoms with Crippen LogP contribution in [0.25, 0.3) is 0 Å². The number of hydrogen-bond donors (Lipinski definition) is 1. The third-order valence-corrected chi connectivity index (χ3v) is 5.61. The Balaban J connectivity index is 1.29. The molecule has 1 fully saturated rings. The lowest BCUT2D eigenvalue weighted by molar-refractivity contribution is -0.130. The number of hydrogen-bond acceptors (Lipinski definition) is 5. The number of carbonyl (C=O) groups excluding carboxylic acids is 1. The number of nitrogens with zero attached hydrogens (tertiary/aromatic N) is 3. The minimum atomic E-state index is -0.291. The second-order valence-corrected chi connectivity index (χ2v) is 7.66.